The average molecular weight is 366 g/mol. The summed E-state index contributed by atoms with van der Waals surface area (Å²) in [6, 6.07) is 10.8. The average Bonchev–Trinajstić information content (AvgIpc) is 3.23. The number of furan rings is 1. The fourth-order valence-corrected chi connectivity index (χ4v) is 2.64. The number of ether oxygens (including phenoxy) is 2. The molecule has 0 bridgehead atoms. The summed E-state index contributed by atoms with van der Waals surface area (Å²) >= 11 is 0. The van der Waals surface area contributed by atoms with Crippen molar-refractivity contribution in [3.8, 4) is 22.8 Å². The van der Waals surface area contributed by atoms with Crippen LogP contribution in [0.15, 0.2) is 59.5 Å². The Kier molecular flexibility index (Phi) is 6.10. The van der Waals surface area contributed by atoms with E-state index in [1.54, 1.807) is 36.9 Å². The number of carbonyl (C=O) groups is 1. The highest BCUT2D eigenvalue weighted by atomic mass is 16.5. The molecule has 0 aliphatic heterocycles. The van der Waals surface area contributed by atoms with Gasteiger partial charge in [-0.15, -0.1) is 0 Å². The van der Waals surface area contributed by atoms with Crippen molar-refractivity contribution in [3.63, 3.8) is 0 Å². The van der Waals surface area contributed by atoms with Gasteiger partial charge in [-0.25, -0.2) is 0 Å². The fraction of sp³-hybridized carbons (Fsp3) is 0.238. The van der Waals surface area contributed by atoms with Crippen molar-refractivity contribution in [3.05, 3.63) is 66.2 Å². The molecule has 27 heavy (non-hydrogen) atoms. The van der Waals surface area contributed by atoms with E-state index in [1.807, 2.05) is 32.0 Å². The van der Waals surface area contributed by atoms with Crippen LogP contribution in [0.3, 0.4) is 0 Å². The second-order valence-corrected chi connectivity index (χ2v) is 5.77. The highest BCUT2D eigenvalue weighted by Crippen LogP contribution is 2.28. The van der Waals surface area contributed by atoms with Crippen LogP contribution in [0, 0.1) is 0 Å². The summed E-state index contributed by atoms with van der Waals surface area (Å²) in [5, 5.41) is 2.90. The summed E-state index contributed by atoms with van der Waals surface area (Å²) in [5.41, 5.74) is 2.26. The zero-order chi connectivity index (χ0) is 19.1. The van der Waals surface area contributed by atoms with Gasteiger partial charge in [0.15, 0.2) is 11.5 Å². The van der Waals surface area contributed by atoms with E-state index in [4.69, 9.17) is 13.9 Å². The number of hydrogen-bond donors (Lipinski definition) is 1. The Hall–Kier alpha value is -3.28. The SMILES string of the molecule is CCOc1ccc(C(=O)NCc2cncc(-c3ccco3)c2)cc1OCC. The Morgan fingerprint density at radius 3 is 2.63 bits per heavy atom. The second-order valence-electron chi connectivity index (χ2n) is 5.77. The molecule has 140 valence electrons. The molecule has 0 aliphatic rings. The van der Waals surface area contributed by atoms with E-state index in [1.165, 1.54) is 0 Å². The van der Waals surface area contributed by atoms with Crippen LogP contribution in [-0.4, -0.2) is 24.1 Å². The largest absolute Gasteiger partial charge is 0.490 e. The molecule has 2 aromatic heterocycles. The molecule has 6 heteroatoms. The quantitative estimate of drug-likeness (QED) is 0.650. The second kappa shape index (κ2) is 8.89. The Morgan fingerprint density at radius 1 is 1.07 bits per heavy atom. The maximum atomic E-state index is 12.5. The molecular weight excluding hydrogens is 344 g/mol. The summed E-state index contributed by atoms with van der Waals surface area (Å²) in [7, 11) is 0. The molecule has 3 aromatic rings. The third-order valence-electron chi connectivity index (χ3n) is 3.86. The molecule has 0 spiro atoms. The predicted octanol–water partition coefficient (Wildman–Crippen LogP) is 4.07. The van der Waals surface area contributed by atoms with Gasteiger partial charge in [-0.1, -0.05) is 0 Å². The maximum absolute atomic E-state index is 12.5. The summed E-state index contributed by atoms with van der Waals surface area (Å²) in [6.45, 7) is 5.18. The van der Waals surface area contributed by atoms with Gasteiger partial charge in [0, 0.05) is 30.1 Å². The first kappa shape index (κ1) is 18.5. The Balaban J connectivity index is 1.69. The number of carbonyl (C=O) groups excluding carboxylic acids is 1. The zero-order valence-corrected chi connectivity index (χ0v) is 15.4. The van der Waals surface area contributed by atoms with E-state index in [9.17, 15) is 4.79 Å². The zero-order valence-electron chi connectivity index (χ0n) is 15.4. The van der Waals surface area contributed by atoms with Crippen molar-refractivity contribution in [2.45, 2.75) is 20.4 Å². The molecule has 0 aliphatic carbocycles. The van der Waals surface area contributed by atoms with Gasteiger partial charge >= 0.3 is 0 Å². The van der Waals surface area contributed by atoms with Crippen LogP contribution in [-0.2, 0) is 6.54 Å². The van der Waals surface area contributed by atoms with Gasteiger partial charge in [-0.05, 0) is 55.8 Å². The third kappa shape index (κ3) is 4.67. The Morgan fingerprint density at radius 2 is 1.89 bits per heavy atom. The topological polar surface area (TPSA) is 73.6 Å². The molecule has 1 aromatic carbocycles. The number of amides is 1. The fourth-order valence-electron chi connectivity index (χ4n) is 2.64. The van der Waals surface area contributed by atoms with E-state index in [0.29, 0.717) is 36.8 Å². The first-order valence-electron chi connectivity index (χ1n) is 8.87. The number of rotatable bonds is 8. The van der Waals surface area contributed by atoms with Gasteiger partial charge in [0.1, 0.15) is 5.76 Å². The summed E-state index contributed by atoms with van der Waals surface area (Å²) in [5.74, 6) is 1.74. The monoisotopic (exact) mass is 366 g/mol. The van der Waals surface area contributed by atoms with E-state index in [0.717, 1.165) is 16.9 Å². The lowest BCUT2D eigenvalue weighted by Gasteiger charge is -2.12. The van der Waals surface area contributed by atoms with E-state index >= 15 is 0 Å². The minimum absolute atomic E-state index is 0.192. The first-order chi connectivity index (χ1) is 13.2. The van der Waals surface area contributed by atoms with Crippen LogP contribution in [0.4, 0.5) is 0 Å². The van der Waals surface area contributed by atoms with Gasteiger partial charge < -0.3 is 19.2 Å². The lowest BCUT2D eigenvalue weighted by Crippen LogP contribution is -2.23. The molecular formula is C21H22N2O4. The predicted molar refractivity (Wildman–Crippen MR) is 102 cm³/mol. The van der Waals surface area contributed by atoms with Crippen molar-refractivity contribution in [1.82, 2.24) is 10.3 Å². The molecule has 0 saturated heterocycles. The van der Waals surface area contributed by atoms with Crippen LogP contribution >= 0.6 is 0 Å². The van der Waals surface area contributed by atoms with E-state index < -0.39 is 0 Å². The van der Waals surface area contributed by atoms with Gasteiger partial charge in [0.05, 0.1) is 19.5 Å². The van der Waals surface area contributed by atoms with Crippen molar-refractivity contribution in [2.75, 3.05) is 13.2 Å². The van der Waals surface area contributed by atoms with Gasteiger partial charge in [-0.2, -0.15) is 0 Å². The molecule has 1 amide bonds. The number of nitrogens with one attached hydrogen (secondary N) is 1. The minimum Gasteiger partial charge on any atom is -0.490 e. The lowest BCUT2D eigenvalue weighted by atomic mass is 10.1. The van der Waals surface area contributed by atoms with Crippen LogP contribution in [0.25, 0.3) is 11.3 Å². The van der Waals surface area contributed by atoms with Gasteiger partial charge in [0.2, 0.25) is 0 Å². The third-order valence-corrected chi connectivity index (χ3v) is 3.86. The smallest absolute Gasteiger partial charge is 0.251 e. The van der Waals surface area contributed by atoms with Crippen LogP contribution < -0.4 is 14.8 Å². The summed E-state index contributed by atoms with van der Waals surface area (Å²) < 4.78 is 16.5. The number of aromatic nitrogens is 1. The Bertz CT molecular complexity index is 891. The molecule has 2 heterocycles. The highest BCUT2D eigenvalue weighted by Gasteiger charge is 2.12. The first-order valence-corrected chi connectivity index (χ1v) is 8.87. The van der Waals surface area contributed by atoms with Crippen molar-refractivity contribution in [2.24, 2.45) is 0 Å². The lowest BCUT2D eigenvalue weighted by molar-refractivity contribution is 0.0950. The number of pyridine rings is 1. The number of benzene rings is 1. The number of nitrogens with zero attached hydrogens (tertiary/aromatic N) is 1. The van der Waals surface area contributed by atoms with Crippen LogP contribution in [0.1, 0.15) is 29.8 Å². The molecule has 3 rings (SSSR count). The molecule has 0 fully saturated rings. The van der Waals surface area contributed by atoms with Crippen LogP contribution in [0.2, 0.25) is 0 Å². The molecule has 0 atom stereocenters. The highest BCUT2D eigenvalue weighted by molar-refractivity contribution is 5.94. The van der Waals surface area contributed by atoms with Crippen molar-refractivity contribution in [1.29, 1.82) is 0 Å². The minimum atomic E-state index is -0.192. The summed E-state index contributed by atoms with van der Waals surface area (Å²) in [4.78, 5) is 16.7. The van der Waals surface area contributed by atoms with Gasteiger partial charge in [-0.3, -0.25) is 9.78 Å². The maximum Gasteiger partial charge on any atom is 0.251 e. The number of hydrogen-bond acceptors (Lipinski definition) is 5. The van der Waals surface area contributed by atoms with Crippen molar-refractivity contribution < 1.29 is 18.7 Å². The standard InChI is InChI=1S/C21H22N2O4/c1-3-25-19-8-7-16(11-20(19)26-4-2)21(24)23-13-15-10-17(14-22-12-15)18-6-5-9-27-18/h5-12,14H,3-4,13H2,1-2H3,(H,23,24). The molecule has 0 unspecified atom stereocenters. The van der Waals surface area contributed by atoms with E-state index in [2.05, 4.69) is 10.3 Å². The van der Waals surface area contributed by atoms with Crippen LogP contribution in [0.5, 0.6) is 11.5 Å². The normalized spacial score (nSPS) is 10.4. The van der Waals surface area contributed by atoms with Gasteiger partial charge in [0.25, 0.3) is 5.91 Å². The molecule has 6 nitrogen and oxygen atoms in total. The van der Waals surface area contributed by atoms with Crippen molar-refractivity contribution >= 4 is 5.91 Å². The molecule has 0 radical (unpaired) electrons. The molecule has 0 saturated carbocycles. The molecule has 1 N–H and O–H groups in total. The van der Waals surface area contributed by atoms with E-state index in [-0.39, 0.29) is 5.91 Å². The Labute approximate surface area is 158 Å². The summed E-state index contributed by atoms with van der Waals surface area (Å²) in [6.07, 6.45) is 5.06.